The van der Waals surface area contributed by atoms with E-state index in [1.165, 1.54) is 83.5 Å². The Bertz CT molecular complexity index is 263. The molecule has 2 fully saturated rings. The molecule has 21 heavy (non-hydrogen) atoms. The van der Waals surface area contributed by atoms with Gasteiger partial charge >= 0.3 is 0 Å². The van der Waals surface area contributed by atoms with E-state index in [-0.39, 0.29) is 6.10 Å². The molecule has 0 aromatic rings. The first-order valence-electron chi connectivity index (χ1n) is 9.97. The SMILES string of the molecule is CCCCCCCCCCC1CCC2CCC(O)CC2C1. The summed E-state index contributed by atoms with van der Waals surface area (Å²) >= 11 is 0. The smallest absolute Gasteiger partial charge is 0.0543 e. The maximum absolute atomic E-state index is 9.87. The summed E-state index contributed by atoms with van der Waals surface area (Å²) < 4.78 is 0. The highest BCUT2D eigenvalue weighted by atomic mass is 16.3. The van der Waals surface area contributed by atoms with Gasteiger partial charge in [-0.05, 0) is 49.9 Å². The average molecular weight is 295 g/mol. The highest BCUT2D eigenvalue weighted by molar-refractivity contribution is 4.86. The van der Waals surface area contributed by atoms with Gasteiger partial charge in [0.15, 0.2) is 0 Å². The molecule has 4 unspecified atom stereocenters. The lowest BCUT2D eigenvalue weighted by Gasteiger charge is -2.41. The summed E-state index contributed by atoms with van der Waals surface area (Å²) in [5.41, 5.74) is 0. The van der Waals surface area contributed by atoms with E-state index in [1.54, 1.807) is 0 Å². The second-order valence-electron chi connectivity index (χ2n) is 7.93. The highest BCUT2D eigenvalue weighted by Gasteiger charge is 2.34. The highest BCUT2D eigenvalue weighted by Crippen LogP contribution is 2.44. The van der Waals surface area contributed by atoms with Gasteiger partial charge in [0.1, 0.15) is 0 Å². The average Bonchev–Trinajstić information content (AvgIpc) is 2.49. The molecule has 0 radical (unpaired) electrons. The van der Waals surface area contributed by atoms with Crippen LogP contribution in [0.15, 0.2) is 0 Å². The van der Waals surface area contributed by atoms with Crippen molar-refractivity contribution in [3.63, 3.8) is 0 Å². The fraction of sp³-hybridized carbons (Fsp3) is 1.00. The molecule has 4 atom stereocenters. The number of rotatable bonds is 9. The van der Waals surface area contributed by atoms with E-state index in [0.29, 0.717) is 0 Å². The summed E-state index contributed by atoms with van der Waals surface area (Å²) in [6, 6.07) is 0. The number of hydrogen-bond donors (Lipinski definition) is 1. The minimum Gasteiger partial charge on any atom is -0.393 e. The number of hydrogen-bond acceptors (Lipinski definition) is 1. The standard InChI is InChI=1S/C20H38O/c1-2-3-4-5-6-7-8-9-10-17-11-12-18-13-14-20(21)16-19(18)15-17/h17-21H,2-16H2,1H3. The van der Waals surface area contributed by atoms with E-state index >= 15 is 0 Å². The van der Waals surface area contributed by atoms with Crippen molar-refractivity contribution in [1.29, 1.82) is 0 Å². The van der Waals surface area contributed by atoms with Gasteiger partial charge in [-0.15, -0.1) is 0 Å². The Morgan fingerprint density at radius 1 is 0.714 bits per heavy atom. The molecule has 0 aromatic carbocycles. The van der Waals surface area contributed by atoms with Crippen molar-refractivity contribution in [2.45, 2.75) is 109 Å². The minimum absolute atomic E-state index is 0.0214. The van der Waals surface area contributed by atoms with Crippen molar-refractivity contribution in [3.8, 4) is 0 Å². The monoisotopic (exact) mass is 294 g/mol. The van der Waals surface area contributed by atoms with Gasteiger partial charge in [-0.2, -0.15) is 0 Å². The summed E-state index contributed by atoms with van der Waals surface area (Å²) in [4.78, 5) is 0. The maximum atomic E-state index is 9.87. The van der Waals surface area contributed by atoms with Crippen molar-refractivity contribution >= 4 is 0 Å². The Morgan fingerprint density at radius 3 is 2.14 bits per heavy atom. The van der Waals surface area contributed by atoms with Crippen LogP contribution in [0.5, 0.6) is 0 Å². The minimum atomic E-state index is 0.0214. The predicted octanol–water partition coefficient (Wildman–Crippen LogP) is 6.09. The molecule has 0 heterocycles. The number of aliphatic hydroxyl groups excluding tert-OH is 1. The molecule has 1 nitrogen and oxygen atoms in total. The number of fused-ring (bicyclic) bond motifs is 1. The fourth-order valence-electron chi connectivity index (χ4n) is 4.80. The van der Waals surface area contributed by atoms with E-state index in [1.807, 2.05) is 0 Å². The van der Waals surface area contributed by atoms with Crippen LogP contribution in [-0.4, -0.2) is 11.2 Å². The van der Waals surface area contributed by atoms with Gasteiger partial charge in [-0.25, -0.2) is 0 Å². The largest absolute Gasteiger partial charge is 0.393 e. The van der Waals surface area contributed by atoms with Gasteiger partial charge in [0.2, 0.25) is 0 Å². The molecule has 0 saturated heterocycles. The van der Waals surface area contributed by atoms with Crippen molar-refractivity contribution in [2.24, 2.45) is 17.8 Å². The quantitative estimate of drug-likeness (QED) is 0.510. The lowest BCUT2D eigenvalue weighted by Crippen LogP contribution is -2.33. The first kappa shape index (κ1) is 17.3. The zero-order chi connectivity index (χ0) is 14.9. The van der Waals surface area contributed by atoms with Crippen LogP contribution in [0.3, 0.4) is 0 Å². The van der Waals surface area contributed by atoms with Gasteiger partial charge in [-0.1, -0.05) is 71.1 Å². The molecule has 2 saturated carbocycles. The summed E-state index contributed by atoms with van der Waals surface area (Å²) in [5.74, 6) is 2.81. The first-order valence-corrected chi connectivity index (χ1v) is 9.97. The van der Waals surface area contributed by atoms with Crippen molar-refractivity contribution < 1.29 is 5.11 Å². The van der Waals surface area contributed by atoms with E-state index in [2.05, 4.69) is 6.92 Å². The molecule has 124 valence electrons. The molecular weight excluding hydrogens is 256 g/mol. The molecule has 0 amide bonds. The first-order chi connectivity index (χ1) is 10.3. The van der Waals surface area contributed by atoms with Gasteiger partial charge in [0.05, 0.1) is 6.10 Å². The molecule has 0 bridgehead atoms. The van der Waals surface area contributed by atoms with Gasteiger partial charge in [0.25, 0.3) is 0 Å². The van der Waals surface area contributed by atoms with Crippen LogP contribution in [0.4, 0.5) is 0 Å². The van der Waals surface area contributed by atoms with Crippen molar-refractivity contribution in [2.75, 3.05) is 0 Å². The van der Waals surface area contributed by atoms with E-state index in [4.69, 9.17) is 0 Å². The van der Waals surface area contributed by atoms with Crippen LogP contribution in [0.2, 0.25) is 0 Å². The van der Waals surface area contributed by atoms with E-state index in [0.717, 1.165) is 30.6 Å². The zero-order valence-corrected chi connectivity index (χ0v) is 14.4. The summed E-state index contributed by atoms with van der Waals surface area (Å²) in [6.45, 7) is 2.29. The molecule has 0 spiro atoms. The molecule has 0 aliphatic heterocycles. The third kappa shape index (κ3) is 6.30. The number of unbranched alkanes of at least 4 members (excludes halogenated alkanes) is 7. The van der Waals surface area contributed by atoms with Crippen LogP contribution in [0.1, 0.15) is 103 Å². The Morgan fingerprint density at radius 2 is 1.38 bits per heavy atom. The fourth-order valence-corrected chi connectivity index (χ4v) is 4.80. The topological polar surface area (TPSA) is 20.2 Å². The second-order valence-corrected chi connectivity index (χ2v) is 7.93. The molecule has 1 heteroatoms. The Kier molecular flexibility index (Phi) is 8.14. The summed E-state index contributed by atoms with van der Waals surface area (Å²) in [6.07, 6.45) is 20.9. The molecule has 2 aliphatic rings. The third-order valence-corrected chi connectivity index (χ3v) is 6.16. The van der Waals surface area contributed by atoms with Gasteiger partial charge in [-0.3, -0.25) is 0 Å². The van der Waals surface area contributed by atoms with Crippen LogP contribution in [-0.2, 0) is 0 Å². The van der Waals surface area contributed by atoms with Gasteiger partial charge < -0.3 is 5.11 Å². The summed E-state index contributed by atoms with van der Waals surface area (Å²) in [7, 11) is 0. The Hall–Kier alpha value is -0.0400. The third-order valence-electron chi connectivity index (χ3n) is 6.16. The normalized spacial score (nSPS) is 32.9. The van der Waals surface area contributed by atoms with Crippen molar-refractivity contribution in [3.05, 3.63) is 0 Å². The maximum Gasteiger partial charge on any atom is 0.0543 e. The molecule has 0 aromatic heterocycles. The number of aliphatic hydroxyl groups is 1. The Balaban J connectivity index is 1.49. The molecular formula is C20H38O. The predicted molar refractivity (Wildman–Crippen MR) is 91.4 cm³/mol. The van der Waals surface area contributed by atoms with Crippen LogP contribution >= 0.6 is 0 Å². The van der Waals surface area contributed by atoms with Crippen LogP contribution in [0.25, 0.3) is 0 Å². The van der Waals surface area contributed by atoms with Gasteiger partial charge in [0, 0.05) is 0 Å². The van der Waals surface area contributed by atoms with Crippen LogP contribution in [0, 0.1) is 17.8 Å². The van der Waals surface area contributed by atoms with Crippen LogP contribution < -0.4 is 0 Å². The zero-order valence-electron chi connectivity index (χ0n) is 14.4. The van der Waals surface area contributed by atoms with E-state index in [9.17, 15) is 5.11 Å². The molecule has 1 N–H and O–H groups in total. The second kappa shape index (κ2) is 9.87. The lowest BCUT2D eigenvalue weighted by molar-refractivity contribution is 0.0331. The molecule has 2 rings (SSSR count). The molecule has 2 aliphatic carbocycles. The van der Waals surface area contributed by atoms with E-state index < -0.39 is 0 Å². The Labute approximate surface area is 132 Å². The lowest BCUT2D eigenvalue weighted by atomic mass is 9.66. The van der Waals surface area contributed by atoms with Crippen molar-refractivity contribution in [1.82, 2.24) is 0 Å². The summed E-state index contributed by atoms with van der Waals surface area (Å²) in [5, 5.41) is 9.87.